The van der Waals surface area contributed by atoms with Crippen LogP contribution in [0, 0.1) is 13.8 Å². The van der Waals surface area contributed by atoms with Gasteiger partial charge in [-0.25, -0.2) is 0 Å². The molecule has 0 aliphatic carbocycles. The first-order valence-electron chi connectivity index (χ1n) is 10.7. The molecule has 4 nitrogen and oxygen atoms in total. The van der Waals surface area contributed by atoms with E-state index in [1.54, 1.807) is 21.3 Å². The minimum Gasteiger partial charge on any atom is -0.496 e. The minimum absolute atomic E-state index is 0.495. The summed E-state index contributed by atoms with van der Waals surface area (Å²) in [4.78, 5) is 0. The van der Waals surface area contributed by atoms with Crippen LogP contribution in [0.1, 0.15) is 25.0 Å². The van der Waals surface area contributed by atoms with Crippen LogP contribution in [0.15, 0.2) is 60.2 Å². The Kier molecular flexibility index (Phi) is 7.47. The van der Waals surface area contributed by atoms with Crippen LogP contribution in [0.4, 0.5) is 0 Å². The van der Waals surface area contributed by atoms with Crippen LogP contribution < -0.4 is 18.9 Å². The Balaban J connectivity index is 2.11. The first-order valence-corrected chi connectivity index (χ1v) is 10.7. The average Bonchev–Trinajstić information content (AvgIpc) is 2.79. The maximum atomic E-state index is 5.89. The smallest absolute Gasteiger partial charge is 0.161 e. The molecule has 0 aliphatic heterocycles. The summed E-state index contributed by atoms with van der Waals surface area (Å²) in [5.41, 5.74) is 7.50. The van der Waals surface area contributed by atoms with Gasteiger partial charge < -0.3 is 18.9 Å². The monoisotopic (exact) mass is 432 g/mol. The summed E-state index contributed by atoms with van der Waals surface area (Å²) in [6.45, 7) is 8.75. The Morgan fingerprint density at radius 1 is 0.750 bits per heavy atom. The van der Waals surface area contributed by atoms with E-state index in [-0.39, 0.29) is 0 Å². The van der Waals surface area contributed by atoms with Crippen molar-refractivity contribution in [1.29, 1.82) is 0 Å². The number of benzene rings is 3. The van der Waals surface area contributed by atoms with Gasteiger partial charge in [0.25, 0.3) is 0 Å². The Morgan fingerprint density at radius 3 is 2.00 bits per heavy atom. The molecule has 0 heterocycles. The van der Waals surface area contributed by atoms with Gasteiger partial charge in [-0.15, -0.1) is 0 Å². The van der Waals surface area contributed by atoms with Crippen LogP contribution in [-0.2, 0) is 0 Å². The summed E-state index contributed by atoms with van der Waals surface area (Å²) < 4.78 is 23.2. The topological polar surface area (TPSA) is 36.9 Å². The quantitative estimate of drug-likeness (QED) is 0.359. The summed E-state index contributed by atoms with van der Waals surface area (Å²) in [6.07, 6.45) is 2.03. The van der Waals surface area contributed by atoms with Crippen molar-refractivity contribution >= 4 is 0 Å². The molecule has 0 fully saturated rings. The highest BCUT2D eigenvalue weighted by molar-refractivity contribution is 5.86. The minimum atomic E-state index is 0.495. The van der Waals surface area contributed by atoms with Crippen molar-refractivity contribution in [2.24, 2.45) is 0 Å². The second kappa shape index (κ2) is 10.3. The van der Waals surface area contributed by atoms with Crippen LogP contribution in [0.2, 0.25) is 0 Å². The zero-order chi connectivity index (χ0) is 23.3. The molecule has 0 radical (unpaired) electrons. The molecule has 0 aromatic heterocycles. The van der Waals surface area contributed by atoms with E-state index in [1.807, 2.05) is 38.1 Å². The predicted octanol–water partition coefficient (Wildman–Crippen LogP) is 7.01. The summed E-state index contributed by atoms with van der Waals surface area (Å²) in [5, 5.41) is 0. The molecular formula is C28H32O4. The molecule has 0 bridgehead atoms. The lowest BCUT2D eigenvalue weighted by Crippen LogP contribution is -2.00. The van der Waals surface area contributed by atoms with Gasteiger partial charge >= 0.3 is 0 Å². The number of ether oxygens (including phenoxy) is 4. The van der Waals surface area contributed by atoms with Gasteiger partial charge in [0.15, 0.2) is 11.5 Å². The Bertz CT molecular complexity index is 1110. The van der Waals surface area contributed by atoms with Crippen LogP contribution in [0.3, 0.4) is 0 Å². The third kappa shape index (κ3) is 4.91. The van der Waals surface area contributed by atoms with Gasteiger partial charge in [0, 0.05) is 0 Å². The largest absolute Gasteiger partial charge is 0.496 e. The number of aryl methyl sites for hydroxylation is 1. The van der Waals surface area contributed by atoms with E-state index in [9.17, 15) is 0 Å². The van der Waals surface area contributed by atoms with Gasteiger partial charge in [0.2, 0.25) is 0 Å². The fraction of sp³-hybridized carbons (Fsp3) is 0.286. The Morgan fingerprint density at radius 2 is 1.41 bits per heavy atom. The van der Waals surface area contributed by atoms with Crippen molar-refractivity contribution in [2.75, 3.05) is 27.9 Å². The number of methoxy groups -OCH3 is 3. The molecule has 0 amide bonds. The Labute approximate surface area is 191 Å². The van der Waals surface area contributed by atoms with Gasteiger partial charge in [-0.2, -0.15) is 0 Å². The number of hydrogen-bond donors (Lipinski definition) is 0. The lowest BCUT2D eigenvalue weighted by Gasteiger charge is -2.20. The van der Waals surface area contributed by atoms with Gasteiger partial charge in [-0.3, -0.25) is 0 Å². The van der Waals surface area contributed by atoms with Gasteiger partial charge in [0.1, 0.15) is 18.1 Å². The maximum absolute atomic E-state index is 5.89. The van der Waals surface area contributed by atoms with E-state index >= 15 is 0 Å². The molecule has 0 atom stereocenters. The summed E-state index contributed by atoms with van der Waals surface area (Å²) in [5.74, 6) is 2.87. The molecular weight excluding hydrogens is 400 g/mol. The predicted molar refractivity (Wildman–Crippen MR) is 131 cm³/mol. The van der Waals surface area contributed by atoms with Gasteiger partial charge in [-0.1, -0.05) is 41.5 Å². The van der Waals surface area contributed by atoms with E-state index < -0.39 is 0 Å². The zero-order valence-corrected chi connectivity index (χ0v) is 20.0. The second-order valence-electron chi connectivity index (χ2n) is 7.98. The first-order chi connectivity index (χ1) is 15.4. The zero-order valence-electron chi connectivity index (χ0n) is 20.0. The van der Waals surface area contributed by atoms with Crippen molar-refractivity contribution in [3.05, 3.63) is 71.3 Å². The number of rotatable bonds is 8. The molecule has 0 spiro atoms. The highest BCUT2D eigenvalue weighted by Crippen LogP contribution is 2.46. The molecule has 32 heavy (non-hydrogen) atoms. The van der Waals surface area contributed by atoms with E-state index in [2.05, 4.69) is 44.2 Å². The molecule has 0 saturated carbocycles. The highest BCUT2D eigenvalue weighted by atomic mass is 16.5. The van der Waals surface area contributed by atoms with E-state index in [4.69, 9.17) is 18.9 Å². The van der Waals surface area contributed by atoms with E-state index in [0.717, 1.165) is 39.3 Å². The fourth-order valence-corrected chi connectivity index (χ4v) is 3.70. The van der Waals surface area contributed by atoms with Crippen LogP contribution >= 0.6 is 0 Å². The summed E-state index contributed by atoms with van der Waals surface area (Å²) >= 11 is 0. The van der Waals surface area contributed by atoms with Crippen molar-refractivity contribution in [3.63, 3.8) is 0 Å². The molecule has 0 saturated heterocycles. The third-order valence-electron chi connectivity index (χ3n) is 5.46. The molecule has 0 N–H and O–H groups in total. The lowest BCUT2D eigenvalue weighted by atomic mass is 9.92. The van der Waals surface area contributed by atoms with Crippen LogP contribution in [0.5, 0.6) is 23.0 Å². The molecule has 3 aromatic rings. The highest BCUT2D eigenvalue weighted by Gasteiger charge is 2.21. The van der Waals surface area contributed by atoms with Gasteiger partial charge in [-0.05, 0) is 74.2 Å². The van der Waals surface area contributed by atoms with Crippen LogP contribution in [-0.4, -0.2) is 27.9 Å². The molecule has 0 unspecified atom stereocenters. The van der Waals surface area contributed by atoms with E-state index in [1.165, 1.54) is 11.1 Å². The van der Waals surface area contributed by atoms with Crippen molar-refractivity contribution < 1.29 is 18.9 Å². The van der Waals surface area contributed by atoms with Crippen molar-refractivity contribution in [3.8, 4) is 45.3 Å². The molecule has 0 aliphatic rings. The van der Waals surface area contributed by atoms with E-state index in [0.29, 0.717) is 18.1 Å². The SMILES string of the molecule is COc1cc(-c2c(OC)cc(-c3ccc(C)cc3)c(C)c2OC)ccc1OCC=C(C)C. The molecule has 4 heteroatoms. The summed E-state index contributed by atoms with van der Waals surface area (Å²) in [6, 6.07) is 16.4. The maximum Gasteiger partial charge on any atom is 0.161 e. The average molecular weight is 433 g/mol. The van der Waals surface area contributed by atoms with Crippen LogP contribution in [0.25, 0.3) is 22.3 Å². The molecule has 3 rings (SSSR count). The molecule has 168 valence electrons. The van der Waals surface area contributed by atoms with Crippen molar-refractivity contribution in [2.45, 2.75) is 27.7 Å². The summed E-state index contributed by atoms with van der Waals surface area (Å²) in [7, 11) is 5.02. The number of hydrogen-bond acceptors (Lipinski definition) is 4. The first kappa shape index (κ1) is 23.3. The van der Waals surface area contributed by atoms with Gasteiger partial charge in [0.05, 0.1) is 26.9 Å². The second-order valence-corrected chi connectivity index (χ2v) is 7.98. The van der Waals surface area contributed by atoms with Crippen molar-refractivity contribution in [1.82, 2.24) is 0 Å². The normalized spacial score (nSPS) is 10.5. The fourth-order valence-electron chi connectivity index (χ4n) is 3.70. The molecule has 3 aromatic carbocycles. The number of allylic oxidation sites excluding steroid dienone is 1. The standard InChI is InChI=1S/C28H32O4/c1-18(2)14-15-32-24-13-12-22(16-25(24)29-5)27-26(30-6)17-23(20(4)28(27)31-7)21-10-8-19(3)9-11-21/h8-14,16-17H,15H2,1-7H3. The Hall–Kier alpha value is -3.40. The lowest BCUT2D eigenvalue weighted by molar-refractivity contribution is 0.326. The third-order valence-corrected chi connectivity index (χ3v) is 5.46.